The van der Waals surface area contributed by atoms with Gasteiger partial charge in [0.1, 0.15) is 5.82 Å². The maximum Gasteiger partial charge on any atom is 0.324 e. The molecular formula is C14H20FN3O. The second-order valence-corrected chi connectivity index (χ2v) is 4.75. The minimum Gasteiger partial charge on any atom is -0.330 e. The van der Waals surface area contributed by atoms with E-state index in [9.17, 15) is 9.18 Å². The van der Waals surface area contributed by atoms with E-state index in [1.807, 2.05) is 4.90 Å². The monoisotopic (exact) mass is 265 g/mol. The zero-order chi connectivity index (χ0) is 13.7. The van der Waals surface area contributed by atoms with Crippen molar-refractivity contribution in [2.24, 2.45) is 5.73 Å². The van der Waals surface area contributed by atoms with E-state index in [2.05, 4.69) is 0 Å². The van der Waals surface area contributed by atoms with Crippen molar-refractivity contribution in [3.05, 3.63) is 30.1 Å². The van der Waals surface area contributed by atoms with Crippen LogP contribution >= 0.6 is 0 Å². The number of urea groups is 1. The van der Waals surface area contributed by atoms with Gasteiger partial charge in [-0.25, -0.2) is 9.18 Å². The van der Waals surface area contributed by atoms with Gasteiger partial charge in [-0.2, -0.15) is 0 Å². The van der Waals surface area contributed by atoms with Crippen molar-refractivity contribution >= 4 is 11.7 Å². The first-order valence-electron chi connectivity index (χ1n) is 6.74. The van der Waals surface area contributed by atoms with Crippen molar-refractivity contribution in [3.8, 4) is 0 Å². The van der Waals surface area contributed by atoms with Gasteiger partial charge in [-0.1, -0.05) is 6.07 Å². The molecule has 2 rings (SSSR count). The van der Waals surface area contributed by atoms with Gasteiger partial charge in [-0.15, -0.1) is 0 Å². The number of carbonyl (C=O) groups excluding carboxylic acids is 1. The predicted octanol–water partition coefficient (Wildman–Crippen LogP) is 2.20. The molecule has 1 aromatic rings. The molecule has 1 saturated heterocycles. The topological polar surface area (TPSA) is 49.6 Å². The Bertz CT molecular complexity index is 432. The summed E-state index contributed by atoms with van der Waals surface area (Å²) in [6.45, 7) is 2.61. The lowest BCUT2D eigenvalue weighted by atomic mass is 10.2. The molecule has 5 heteroatoms. The zero-order valence-corrected chi connectivity index (χ0v) is 11.0. The maximum absolute atomic E-state index is 13.3. The fourth-order valence-corrected chi connectivity index (χ4v) is 2.31. The van der Waals surface area contributed by atoms with Gasteiger partial charge in [-0.3, -0.25) is 4.90 Å². The Hall–Kier alpha value is -1.62. The highest BCUT2D eigenvalue weighted by molar-refractivity contribution is 5.92. The molecule has 19 heavy (non-hydrogen) atoms. The van der Waals surface area contributed by atoms with E-state index in [-0.39, 0.29) is 11.8 Å². The standard InChI is InChI=1S/C14H20FN3O/c15-12-5-3-6-13(11-12)18(10-4-7-16)14(19)17-8-1-2-9-17/h3,5-6,11H,1-2,4,7-10,16H2. The molecule has 0 unspecified atom stereocenters. The quantitative estimate of drug-likeness (QED) is 0.907. The van der Waals surface area contributed by atoms with Crippen LogP contribution in [0.3, 0.4) is 0 Å². The first-order valence-corrected chi connectivity index (χ1v) is 6.74. The van der Waals surface area contributed by atoms with E-state index in [4.69, 9.17) is 5.73 Å². The summed E-state index contributed by atoms with van der Waals surface area (Å²) < 4.78 is 13.3. The molecule has 0 saturated carbocycles. The molecule has 0 aliphatic carbocycles. The molecule has 1 aromatic carbocycles. The number of rotatable bonds is 4. The van der Waals surface area contributed by atoms with Crippen LogP contribution in [0.5, 0.6) is 0 Å². The van der Waals surface area contributed by atoms with Crippen LogP contribution in [0.2, 0.25) is 0 Å². The number of halogens is 1. The van der Waals surface area contributed by atoms with Crippen molar-refractivity contribution in [3.63, 3.8) is 0 Å². The molecule has 1 aliphatic rings. The first kappa shape index (κ1) is 13.8. The van der Waals surface area contributed by atoms with E-state index >= 15 is 0 Å². The molecule has 0 spiro atoms. The molecule has 0 bridgehead atoms. The van der Waals surface area contributed by atoms with Crippen LogP contribution < -0.4 is 10.6 Å². The van der Waals surface area contributed by atoms with Gasteiger partial charge >= 0.3 is 6.03 Å². The lowest BCUT2D eigenvalue weighted by molar-refractivity contribution is 0.215. The number of hydrogen-bond acceptors (Lipinski definition) is 2. The average molecular weight is 265 g/mol. The van der Waals surface area contributed by atoms with Crippen molar-refractivity contribution in [2.75, 3.05) is 31.1 Å². The van der Waals surface area contributed by atoms with E-state index in [1.165, 1.54) is 12.1 Å². The van der Waals surface area contributed by atoms with E-state index in [1.54, 1.807) is 17.0 Å². The lowest BCUT2D eigenvalue weighted by Gasteiger charge is -2.28. The summed E-state index contributed by atoms with van der Waals surface area (Å²) in [6, 6.07) is 6.11. The van der Waals surface area contributed by atoms with E-state index in [0.717, 1.165) is 25.9 Å². The Labute approximate surface area is 113 Å². The number of nitrogens with zero attached hydrogens (tertiary/aromatic N) is 2. The highest BCUT2D eigenvalue weighted by Crippen LogP contribution is 2.20. The van der Waals surface area contributed by atoms with Gasteiger partial charge in [0.05, 0.1) is 0 Å². The summed E-state index contributed by atoms with van der Waals surface area (Å²) in [5.74, 6) is -0.329. The third kappa shape index (κ3) is 3.44. The van der Waals surface area contributed by atoms with Crippen molar-refractivity contribution in [2.45, 2.75) is 19.3 Å². The maximum atomic E-state index is 13.3. The molecule has 4 nitrogen and oxygen atoms in total. The van der Waals surface area contributed by atoms with Crippen LogP contribution in [0.25, 0.3) is 0 Å². The molecule has 0 radical (unpaired) electrons. The molecule has 1 aliphatic heterocycles. The molecule has 2 amide bonds. The van der Waals surface area contributed by atoms with Crippen LogP contribution in [0.1, 0.15) is 19.3 Å². The molecule has 1 fully saturated rings. The Balaban J connectivity index is 2.16. The number of likely N-dealkylation sites (tertiary alicyclic amines) is 1. The largest absolute Gasteiger partial charge is 0.330 e. The highest BCUT2D eigenvalue weighted by atomic mass is 19.1. The second-order valence-electron chi connectivity index (χ2n) is 4.75. The number of benzene rings is 1. The first-order chi connectivity index (χ1) is 9.22. The van der Waals surface area contributed by atoms with Gasteiger partial charge in [0.2, 0.25) is 0 Å². The number of amides is 2. The average Bonchev–Trinajstić information content (AvgIpc) is 2.93. The number of anilines is 1. The van der Waals surface area contributed by atoms with Gasteiger partial charge in [0.15, 0.2) is 0 Å². The Morgan fingerprint density at radius 2 is 2.11 bits per heavy atom. The fraction of sp³-hybridized carbons (Fsp3) is 0.500. The van der Waals surface area contributed by atoms with E-state index in [0.29, 0.717) is 25.2 Å². The summed E-state index contributed by atoms with van der Waals surface area (Å²) >= 11 is 0. The van der Waals surface area contributed by atoms with Gasteiger partial charge < -0.3 is 10.6 Å². The Morgan fingerprint density at radius 3 is 2.74 bits per heavy atom. The van der Waals surface area contributed by atoms with Crippen molar-refractivity contribution in [1.29, 1.82) is 0 Å². The molecule has 0 atom stereocenters. The summed E-state index contributed by atoms with van der Waals surface area (Å²) in [5, 5.41) is 0. The molecule has 2 N–H and O–H groups in total. The molecule has 1 heterocycles. The van der Waals surface area contributed by atoms with Crippen LogP contribution in [0.4, 0.5) is 14.9 Å². The fourth-order valence-electron chi connectivity index (χ4n) is 2.31. The van der Waals surface area contributed by atoms with Crippen molar-refractivity contribution < 1.29 is 9.18 Å². The Morgan fingerprint density at radius 1 is 1.37 bits per heavy atom. The van der Waals surface area contributed by atoms with Crippen LogP contribution in [0.15, 0.2) is 24.3 Å². The molecule has 0 aromatic heterocycles. The predicted molar refractivity (Wildman–Crippen MR) is 73.6 cm³/mol. The third-order valence-corrected chi connectivity index (χ3v) is 3.31. The lowest BCUT2D eigenvalue weighted by Crippen LogP contribution is -2.42. The van der Waals surface area contributed by atoms with Crippen LogP contribution in [0, 0.1) is 5.82 Å². The minimum atomic E-state index is -0.329. The van der Waals surface area contributed by atoms with Crippen LogP contribution in [-0.2, 0) is 0 Å². The molecule has 104 valence electrons. The minimum absolute atomic E-state index is 0.0449. The van der Waals surface area contributed by atoms with Gasteiger partial charge in [-0.05, 0) is 44.0 Å². The smallest absolute Gasteiger partial charge is 0.324 e. The van der Waals surface area contributed by atoms with Crippen molar-refractivity contribution in [1.82, 2.24) is 4.90 Å². The number of hydrogen-bond donors (Lipinski definition) is 1. The zero-order valence-electron chi connectivity index (χ0n) is 11.0. The van der Waals surface area contributed by atoms with E-state index < -0.39 is 0 Å². The normalized spacial score (nSPS) is 14.7. The summed E-state index contributed by atoms with van der Waals surface area (Å²) in [7, 11) is 0. The van der Waals surface area contributed by atoms with Gasteiger partial charge in [0.25, 0.3) is 0 Å². The Kier molecular flexibility index (Phi) is 4.74. The SMILES string of the molecule is NCCCN(C(=O)N1CCCC1)c1cccc(F)c1. The highest BCUT2D eigenvalue weighted by Gasteiger charge is 2.24. The third-order valence-electron chi connectivity index (χ3n) is 3.31. The summed E-state index contributed by atoms with van der Waals surface area (Å²) in [5.41, 5.74) is 6.11. The number of nitrogens with two attached hydrogens (primary N) is 1. The second kappa shape index (κ2) is 6.52. The molecular weight excluding hydrogens is 245 g/mol. The summed E-state index contributed by atoms with van der Waals surface area (Å²) in [6.07, 6.45) is 2.79. The summed E-state index contributed by atoms with van der Waals surface area (Å²) in [4.78, 5) is 15.9. The van der Waals surface area contributed by atoms with Gasteiger partial charge in [0, 0.05) is 25.3 Å². The van der Waals surface area contributed by atoms with Crippen LogP contribution in [-0.4, -0.2) is 37.1 Å². The number of carbonyl (C=O) groups is 1.